The van der Waals surface area contributed by atoms with Crippen LogP contribution in [0, 0.1) is 0 Å². The van der Waals surface area contributed by atoms with Crippen LogP contribution in [-0.4, -0.2) is 57.0 Å². The van der Waals surface area contributed by atoms with E-state index in [-0.39, 0.29) is 18.4 Å². The zero-order valence-electron chi connectivity index (χ0n) is 14.8. The number of urea groups is 1. The summed E-state index contributed by atoms with van der Waals surface area (Å²) in [6, 6.07) is -3.58. The zero-order valence-corrected chi connectivity index (χ0v) is 14.8. The minimum atomic E-state index is -1.52. The van der Waals surface area contributed by atoms with E-state index in [1.165, 1.54) is 6.92 Å². The number of rotatable bonds is 8. The molecule has 12 nitrogen and oxygen atoms in total. The second kappa shape index (κ2) is 9.28. The summed E-state index contributed by atoms with van der Waals surface area (Å²) in [7, 11) is 0. The lowest BCUT2D eigenvalue weighted by molar-refractivity contribution is -0.141. The van der Waals surface area contributed by atoms with Crippen LogP contribution in [-0.2, 0) is 9.59 Å². The molecule has 1 aromatic rings. The van der Waals surface area contributed by atoms with Gasteiger partial charge in [0.05, 0.1) is 18.6 Å². The maximum Gasteiger partial charge on any atom is 0.328 e. The van der Waals surface area contributed by atoms with Crippen molar-refractivity contribution in [1.29, 1.82) is 0 Å². The number of hydrogen-bond acceptors (Lipinski definition) is 8. The number of amides is 3. The predicted molar refractivity (Wildman–Crippen MR) is 90.2 cm³/mol. The first-order valence-corrected chi connectivity index (χ1v) is 8.60. The SMILES string of the molecule is CC(O)[C@H](NC(=O)N[C@@H](CC(N)=O)c1nnc([C@@H]2CCCCN2)o1)C(=O)O. The molecule has 1 aromatic heterocycles. The van der Waals surface area contributed by atoms with Gasteiger partial charge in [0.1, 0.15) is 6.04 Å². The van der Waals surface area contributed by atoms with Gasteiger partial charge in [0.25, 0.3) is 0 Å². The second-order valence-electron chi connectivity index (χ2n) is 6.38. The van der Waals surface area contributed by atoms with Gasteiger partial charge in [-0.3, -0.25) is 4.79 Å². The number of aromatic nitrogens is 2. The number of carbonyl (C=O) groups is 3. The van der Waals surface area contributed by atoms with Crippen LogP contribution in [0.5, 0.6) is 0 Å². The average Bonchev–Trinajstić information content (AvgIpc) is 3.09. The van der Waals surface area contributed by atoms with E-state index in [0.29, 0.717) is 5.89 Å². The van der Waals surface area contributed by atoms with Crippen LogP contribution < -0.4 is 21.7 Å². The smallest absolute Gasteiger partial charge is 0.328 e. The number of nitrogens with two attached hydrogens (primary N) is 1. The van der Waals surface area contributed by atoms with E-state index >= 15 is 0 Å². The van der Waals surface area contributed by atoms with Gasteiger partial charge in [-0.05, 0) is 26.3 Å². The molecule has 27 heavy (non-hydrogen) atoms. The number of aliphatic hydroxyl groups excluding tert-OH is 1. The minimum Gasteiger partial charge on any atom is -0.480 e. The number of carboxylic acids is 1. The van der Waals surface area contributed by atoms with Crippen molar-refractivity contribution in [2.45, 2.75) is 56.8 Å². The number of nitrogens with zero attached hydrogens (tertiary/aromatic N) is 2. The summed E-state index contributed by atoms with van der Waals surface area (Å²) in [6.07, 6.45) is 1.24. The van der Waals surface area contributed by atoms with Gasteiger partial charge < -0.3 is 36.3 Å². The monoisotopic (exact) mass is 384 g/mol. The lowest BCUT2D eigenvalue weighted by Gasteiger charge is -2.20. The standard InChI is InChI=1S/C15H24N6O6/c1-7(22)11(14(24)25)19-15(26)18-9(6-10(16)23)13-21-20-12(27-13)8-4-2-3-5-17-8/h7-9,11,17,22H,2-6H2,1H3,(H2,16,23)(H,24,25)(H2,18,19,26)/t7?,8-,9-,11-/m0/s1. The van der Waals surface area contributed by atoms with Crippen LogP contribution in [0.2, 0.25) is 0 Å². The van der Waals surface area contributed by atoms with Crippen LogP contribution in [0.3, 0.4) is 0 Å². The molecule has 7 N–H and O–H groups in total. The van der Waals surface area contributed by atoms with Gasteiger partial charge in [-0.1, -0.05) is 6.42 Å². The summed E-state index contributed by atoms with van der Waals surface area (Å²) in [6.45, 7) is 2.05. The molecule has 3 amide bonds. The number of primary amides is 1. The molecule has 1 fully saturated rings. The van der Waals surface area contributed by atoms with Crippen molar-refractivity contribution in [2.24, 2.45) is 5.73 Å². The fourth-order valence-corrected chi connectivity index (χ4v) is 2.72. The molecular formula is C15H24N6O6. The lowest BCUT2D eigenvalue weighted by atomic mass is 10.1. The van der Waals surface area contributed by atoms with Gasteiger partial charge in [-0.2, -0.15) is 0 Å². The number of hydrogen-bond donors (Lipinski definition) is 6. The maximum absolute atomic E-state index is 12.1. The van der Waals surface area contributed by atoms with E-state index in [9.17, 15) is 19.5 Å². The van der Waals surface area contributed by atoms with Gasteiger partial charge in [0.15, 0.2) is 6.04 Å². The molecule has 0 spiro atoms. The Morgan fingerprint density at radius 2 is 2.07 bits per heavy atom. The first-order valence-electron chi connectivity index (χ1n) is 8.60. The molecule has 1 saturated heterocycles. The van der Waals surface area contributed by atoms with Crippen molar-refractivity contribution in [2.75, 3.05) is 6.54 Å². The first kappa shape index (κ1) is 20.6. The van der Waals surface area contributed by atoms with Crippen LogP contribution in [0.4, 0.5) is 4.79 Å². The fraction of sp³-hybridized carbons (Fsp3) is 0.667. The number of piperidine rings is 1. The van der Waals surface area contributed by atoms with E-state index in [4.69, 9.17) is 15.3 Å². The Labute approximate surface area is 154 Å². The average molecular weight is 384 g/mol. The Morgan fingerprint density at radius 3 is 2.63 bits per heavy atom. The Bertz CT molecular complexity index is 672. The summed E-state index contributed by atoms with van der Waals surface area (Å²) in [5, 5.41) is 34.0. The molecule has 0 radical (unpaired) electrons. The summed E-state index contributed by atoms with van der Waals surface area (Å²) in [5.41, 5.74) is 5.21. The highest BCUT2D eigenvalue weighted by Gasteiger charge is 2.29. The van der Waals surface area contributed by atoms with Crippen molar-refractivity contribution >= 4 is 17.9 Å². The predicted octanol–water partition coefficient (Wildman–Crippen LogP) is -1.07. The van der Waals surface area contributed by atoms with Crippen molar-refractivity contribution in [3.8, 4) is 0 Å². The third-order valence-corrected chi connectivity index (χ3v) is 4.11. The molecule has 2 heterocycles. The second-order valence-corrected chi connectivity index (χ2v) is 6.38. The normalized spacial score (nSPS) is 20.3. The van der Waals surface area contributed by atoms with Crippen molar-refractivity contribution in [3.63, 3.8) is 0 Å². The minimum absolute atomic E-state index is 0.0183. The van der Waals surface area contributed by atoms with Crippen LogP contribution in [0.25, 0.3) is 0 Å². The van der Waals surface area contributed by atoms with Crippen molar-refractivity contribution < 1.29 is 29.0 Å². The largest absolute Gasteiger partial charge is 0.480 e. The highest BCUT2D eigenvalue weighted by Crippen LogP contribution is 2.24. The maximum atomic E-state index is 12.1. The van der Waals surface area contributed by atoms with Crippen molar-refractivity contribution in [3.05, 3.63) is 11.8 Å². The Morgan fingerprint density at radius 1 is 1.33 bits per heavy atom. The van der Waals surface area contributed by atoms with E-state index in [2.05, 4.69) is 26.1 Å². The molecule has 0 saturated carbocycles. The quantitative estimate of drug-likeness (QED) is 0.324. The third-order valence-electron chi connectivity index (χ3n) is 4.11. The molecule has 0 bridgehead atoms. The summed E-state index contributed by atoms with van der Waals surface area (Å²) < 4.78 is 5.59. The summed E-state index contributed by atoms with van der Waals surface area (Å²) >= 11 is 0. The van der Waals surface area contributed by atoms with Gasteiger partial charge in [0.2, 0.25) is 17.7 Å². The number of carbonyl (C=O) groups excluding carboxylic acids is 2. The molecule has 1 aliphatic rings. The van der Waals surface area contributed by atoms with Gasteiger partial charge in [-0.15, -0.1) is 10.2 Å². The summed E-state index contributed by atoms with van der Waals surface area (Å²) in [5.74, 6) is -1.81. The van der Waals surface area contributed by atoms with E-state index in [0.717, 1.165) is 25.8 Å². The van der Waals surface area contributed by atoms with Gasteiger partial charge in [0, 0.05) is 0 Å². The van der Waals surface area contributed by atoms with Crippen LogP contribution in [0.15, 0.2) is 4.42 Å². The molecule has 1 unspecified atom stereocenters. The fourth-order valence-electron chi connectivity index (χ4n) is 2.72. The summed E-state index contributed by atoms with van der Waals surface area (Å²) in [4.78, 5) is 34.5. The van der Waals surface area contributed by atoms with Crippen LogP contribution >= 0.6 is 0 Å². The van der Waals surface area contributed by atoms with Gasteiger partial charge >= 0.3 is 12.0 Å². The Hall–Kier alpha value is -2.73. The van der Waals surface area contributed by atoms with Gasteiger partial charge in [-0.25, -0.2) is 9.59 Å². The third kappa shape index (κ3) is 5.89. The topological polar surface area (TPSA) is 193 Å². The molecule has 0 aliphatic carbocycles. The molecule has 12 heteroatoms. The molecule has 4 atom stereocenters. The Balaban J connectivity index is 2.08. The number of aliphatic carboxylic acids is 1. The Kier molecular flexibility index (Phi) is 7.07. The molecule has 150 valence electrons. The zero-order chi connectivity index (χ0) is 20.0. The van der Waals surface area contributed by atoms with E-state index in [1.807, 2.05) is 0 Å². The number of aliphatic hydroxyl groups is 1. The highest BCUT2D eigenvalue weighted by molar-refractivity contribution is 5.83. The molecule has 2 rings (SSSR count). The highest BCUT2D eigenvalue weighted by atomic mass is 16.4. The molecular weight excluding hydrogens is 360 g/mol. The molecule has 0 aromatic carbocycles. The van der Waals surface area contributed by atoms with Crippen LogP contribution in [0.1, 0.15) is 56.5 Å². The molecule has 1 aliphatic heterocycles. The van der Waals surface area contributed by atoms with Crippen molar-refractivity contribution in [1.82, 2.24) is 26.1 Å². The first-order chi connectivity index (χ1) is 12.8. The lowest BCUT2D eigenvalue weighted by Crippen LogP contribution is -2.52. The van der Waals surface area contributed by atoms with E-state index in [1.54, 1.807) is 0 Å². The number of carboxylic acid groups (broad SMARTS) is 1. The number of nitrogens with one attached hydrogen (secondary N) is 3. The van der Waals surface area contributed by atoms with E-state index < -0.39 is 36.1 Å².